The van der Waals surface area contributed by atoms with Crippen LogP contribution in [0.1, 0.15) is 36.9 Å². The first-order chi connectivity index (χ1) is 11.5. The molecule has 0 bridgehead atoms. The summed E-state index contributed by atoms with van der Waals surface area (Å²) in [6.45, 7) is 11.2. The van der Waals surface area contributed by atoms with Gasteiger partial charge in [-0.2, -0.15) is 0 Å². The molecule has 0 saturated carbocycles. The van der Waals surface area contributed by atoms with E-state index in [4.69, 9.17) is 0 Å². The Bertz CT molecular complexity index is 678. The van der Waals surface area contributed by atoms with Gasteiger partial charge in [-0.05, 0) is 40.0 Å². The maximum Gasteiger partial charge on any atom is 0.147 e. The number of aromatic nitrogens is 4. The van der Waals surface area contributed by atoms with Crippen molar-refractivity contribution in [1.82, 2.24) is 29.5 Å². The lowest BCUT2D eigenvalue weighted by Crippen LogP contribution is -2.29. The first-order valence-corrected chi connectivity index (χ1v) is 8.79. The topological polar surface area (TPSA) is 50.1 Å². The summed E-state index contributed by atoms with van der Waals surface area (Å²) in [6.07, 6.45) is 0.949. The fourth-order valence-corrected chi connectivity index (χ4v) is 3.02. The van der Waals surface area contributed by atoms with Crippen LogP contribution in [0, 0.1) is 6.92 Å². The van der Waals surface area contributed by atoms with E-state index in [1.165, 1.54) is 0 Å². The van der Waals surface area contributed by atoms with Crippen molar-refractivity contribution < 1.29 is 0 Å². The molecule has 0 unspecified atom stereocenters. The smallest absolute Gasteiger partial charge is 0.147 e. The molecule has 0 aromatic carbocycles. The Balaban J connectivity index is 1.65. The van der Waals surface area contributed by atoms with Crippen molar-refractivity contribution >= 4 is 0 Å². The van der Waals surface area contributed by atoms with Crippen molar-refractivity contribution in [3.63, 3.8) is 0 Å². The Morgan fingerprint density at radius 2 is 2.00 bits per heavy atom. The number of pyridine rings is 1. The highest BCUT2D eigenvalue weighted by molar-refractivity contribution is 5.10. The van der Waals surface area contributed by atoms with Crippen LogP contribution < -0.4 is 0 Å². The lowest BCUT2D eigenvalue weighted by molar-refractivity contribution is 0.247. The number of aryl methyl sites for hydroxylation is 1. The average molecular weight is 328 g/mol. The first-order valence-electron chi connectivity index (χ1n) is 8.79. The van der Waals surface area contributed by atoms with Crippen LogP contribution in [0.3, 0.4) is 0 Å². The van der Waals surface area contributed by atoms with Crippen LogP contribution in [-0.2, 0) is 26.1 Å². The third-order valence-corrected chi connectivity index (χ3v) is 4.80. The molecular weight excluding hydrogens is 300 g/mol. The van der Waals surface area contributed by atoms with Crippen LogP contribution in [0.15, 0.2) is 18.2 Å². The molecule has 3 rings (SSSR count). The van der Waals surface area contributed by atoms with E-state index < -0.39 is 0 Å². The number of nitrogens with zero attached hydrogens (tertiary/aromatic N) is 6. The predicted molar refractivity (Wildman–Crippen MR) is 94.6 cm³/mol. The Morgan fingerprint density at radius 3 is 2.75 bits per heavy atom. The van der Waals surface area contributed by atoms with Crippen LogP contribution in [0.2, 0.25) is 0 Å². The van der Waals surface area contributed by atoms with E-state index in [1.807, 2.05) is 13.0 Å². The molecule has 6 heteroatoms. The van der Waals surface area contributed by atoms with Crippen LogP contribution >= 0.6 is 0 Å². The van der Waals surface area contributed by atoms with Gasteiger partial charge in [0.15, 0.2) is 0 Å². The molecule has 1 aliphatic heterocycles. The molecule has 2 aromatic rings. The number of hydrogen-bond acceptors (Lipinski definition) is 5. The largest absolute Gasteiger partial charge is 0.313 e. The first kappa shape index (κ1) is 17.0. The Kier molecular flexibility index (Phi) is 5.26. The zero-order valence-corrected chi connectivity index (χ0v) is 15.2. The molecule has 24 heavy (non-hydrogen) atoms. The number of fused-ring (bicyclic) bond motifs is 1. The third kappa shape index (κ3) is 3.99. The lowest BCUT2D eigenvalue weighted by atomic mass is 10.3. The summed E-state index contributed by atoms with van der Waals surface area (Å²) in [5.74, 6) is 2.19. The zero-order valence-electron chi connectivity index (χ0n) is 15.2. The quantitative estimate of drug-likeness (QED) is 0.839. The summed E-state index contributed by atoms with van der Waals surface area (Å²) in [7, 11) is 2.14. The summed E-state index contributed by atoms with van der Waals surface area (Å²) in [5, 5.41) is 8.85. The maximum atomic E-state index is 4.63. The standard InChI is InChI=1S/C18H28N6/c1-14(2)22(4)13-18-21-20-17-8-9-23(10-11-24(17)18)12-16-7-5-6-15(3)19-16/h5-7,14H,8-13H2,1-4H3. The summed E-state index contributed by atoms with van der Waals surface area (Å²) in [6, 6.07) is 6.75. The molecule has 0 radical (unpaired) electrons. The molecule has 0 amide bonds. The van der Waals surface area contributed by atoms with Gasteiger partial charge in [-0.25, -0.2) is 0 Å². The monoisotopic (exact) mass is 328 g/mol. The fourth-order valence-electron chi connectivity index (χ4n) is 3.02. The molecule has 0 atom stereocenters. The van der Waals surface area contributed by atoms with E-state index >= 15 is 0 Å². The summed E-state index contributed by atoms with van der Waals surface area (Å²) >= 11 is 0. The Hall–Kier alpha value is -1.79. The van der Waals surface area contributed by atoms with Crippen molar-refractivity contribution in [1.29, 1.82) is 0 Å². The minimum atomic E-state index is 0.507. The van der Waals surface area contributed by atoms with Crippen LogP contribution in [0.4, 0.5) is 0 Å². The van der Waals surface area contributed by atoms with Gasteiger partial charge in [0.25, 0.3) is 0 Å². The highest BCUT2D eigenvalue weighted by Gasteiger charge is 2.20. The SMILES string of the molecule is Cc1cccc(CN2CCc3nnc(CN(C)C(C)C)n3CC2)n1. The highest BCUT2D eigenvalue weighted by Crippen LogP contribution is 2.13. The minimum absolute atomic E-state index is 0.507. The molecule has 0 aliphatic carbocycles. The zero-order chi connectivity index (χ0) is 17.1. The van der Waals surface area contributed by atoms with Gasteiger partial charge in [-0.3, -0.25) is 14.8 Å². The molecule has 0 spiro atoms. The fraction of sp³-hybridized carbons (Fsp3) is 0.611. The molecule has 2 aromatic heterocycles. The minimum Gasteiger partial charge on any atom is -0.313 e. The number of hydrogen-bond donors (Lipinski definition) is 0. The van der Waals surface area contributed by atoms with Crippen molar-refractivity contribution in [2.45, 2.75) is 52.9 Å². The van der Waals surface area contributed by atoms with Gasteiger partial charge in [-0.1, -0.05) is 6.07 Å². The van der Waals surface area contributed by atoms with Crippen LogP contribution in [-0.4, -0.2) is 55.7 Å². The Morgan fingerprint density at radius 1 is 1.17 bits per heavy atom. The molecule has 0 saturated heterocycles. The van der Waals surface area contributed by atoms with E-state index in [-0.39, 0.29) is 0 Å². The summed E-state index contributed by atoms with van der Waals surface area (Å²) in [4.78, 5) is 9.39. The van der Waals surface area contributed by atoms with Gasteiger partial charge >= 0.3 is 0 Å². The Labute approximate surface area is 144 Å². The number of rotatable bonds is 5. The molecule has 130 valence electrons. The van der Waals surface area contributed by atoms with Gasteiger partial charge in [0.05, 0.1) is 12.2 Å². The lowest BCUT2D eigenvalue weighted by Gasteiger charge is -2.21. The van der Waals surface area contributed by atoms with E-state index in [0.29, 0.717) is 6.04 Å². The van der Waals surface area contributed by atoms with Gasteiger partial charge in [0.1, 0.15) is 11.6 Å². The average Bonchev–Trinajstić information content (AvgIpc) is 2.80. The maximum absolute atomic E-state index is 4.63. The van der Waals surface area contributed by atoms with Crippen molar-refractivity contribution in [3.8, 4) is 0 Å². The third-order valence-electron chi connectivity index (χ3n) is 4.80. The van der Waals surface area contributed by atoms with Crippen molar-refractivity contribution in [3.05, 3.63) is 41.2 Å². The van der Waals surface area contributed by atoms with E-state index in [2.05, 4.69) is 62.6 Å². The van der Waals surface area contributed by atoms with Gasteiger partial charge in [0.2, 0.25) is 0 Å². The summed E-state index contributed by atoms with van der Waals surface area (Å²) < 4.78 is 2.31. The second-order valence-corrected chi connectivity index (χ2v) is 6.99. The van der Waals surface area contributed by atoms with Gasteiger partial charge in [0, 0.05) is 44.3 Å². The van der Waals surface area contributed by atoms with Gasteiger partial charge in [-0.15, -0.1) is 10.2 Å². The van der Waals surface area contributed by atoms with E-state index in [9.17, 15) is 0 Å². The predicted octanol–water partition coefficient (Wildman–Crippen LogP) is 1.88. The van der Waals surface area contributed by atoms with Crippen molar-refractivity contribution in [2.75, 3.05) is 20.1 Å². The summed E-state index contributed by atoms with van der Waals surface area (Å²) in [5.41, 5.74) is 2.23. The second-order valence-electron chi connectivity index (χ2n) is 6.99. The van der Waals surface area contributed by atoms with Crippen LogP contribution in [0.25, 0.3) is 0 Å². The normalized spacial score (nSPS) is 15.8. The molecule has 0 N–H and O–H groups in total. The van der Waals surface area contributed by atoms with Crippen LogP contribution in [0.5, 0.6) is 0 Å². The van der Waals surface area contributed by atoms with E-state index in [1.54, 1.807) is 0 Å². The molecule has 6 nitrogen and oxygen atoms in total. The van der Waals surface area contributed by atoms with Crippen molar-refractivity contribution in [2.24, 2.45) is 0 Å². The van der Waals surface area contributed by atoms with Gasteiger partial charge < -0.3 is 4.57 Å². The highest BCUT2D eigenvalue weighted by atomic mass is 15.3. The van der Waals surface area contributed by atoms with E-state index in [0.717, 1.165) is 62.2 Å². The molecular formula is C18H28N6. The second kappa shape index (κ2) is 7.40. The molecule has 1 aliphatic rings. The molecule has 3 heterocycles. The molecule has 0 fully saturated rings.